The maximum Gasteiger partial charge on any atom is 0.433 e. The Balaban J connectivity index is 1.68. The molecule has 1 unspecified atom stereocenters. The lowest BCUT2D eigenvalue weighted by atomic mass is 10.1. The first kappa shape index (κ1) is 17.1. The summed E-state index contributed by atoms with van der Waals surface area (Å²) in [6, 6.07) is 0.599. The Hall–Kier alpha value is -2.78. The molecule has 2 aromatic rings. The van der Waals surface area contributed by atoms with Crippen molar-refractivity contribution in [3.63, 3.8) is 0 Å². The van der Waals surface area contributed by atoms with Crippen molar-refractivity contribution in [2.75, 3.05) is 18.0 Å². The highest BCUT2D eigenvalue weighted by Gasteiger charge is 2.33. The van der Waals surface area contributed by atoms with Gasteiger partial charge in [-0.2, -0.15) is 13.2 Å². The Bertz CT molecular complexity index is 740. The normalized spacial score (nSPS) is 18.0. The van der Waals surface area contributed by atoms with E-state index in [9.17, 15) is 18.0 Å². The summed E-state index contributed by atoms with van der Waals surface area (Å²) in [6.45, 7) is 0.853. The summed E-state index contributed by atoms with van der Waals surface area (Å²) < 4.78 is 38.4. The fraction of sp³-hybridized carbons (Fsp3) is 0.400. The van der Waals surface area contributed by atoms with Crippen molar-refractivity contribution in [2.24, 2.45) is 0 Å². The SMILES string of the molecule is O=C(NC1CCCN(c2nccc(C(F)(F)F)n2)C1)c1cnccn1. The molecule has 0 aliphatic carbocycles. The topological polar surface area (TPSA) is 83.9 Å². The lowest BCUT2D eigenvalue weighted by Crippen LogP contribution is -2.48. The molecule has 3 rings (SSSR count). The molecule has 0 saturated carbocycles. The Kier molecular flexibility index (Phi) is 4.77. The summed E-state index contributed by atoms with van der Waals surface area (Å²) in [5.74, 6) is -0.363. The molecule has 10 heteroatoms. The fourth-order valence-corrected chi connectivity index (χ4v) is 2.61. The van der Waals surface area contributed by atoms with Crippen molar-refractivity contribution in [3.05, 3.63) is 42.2 Å². The van der Waals surface area contributed by atoms with Gasteiger partial charge >= 0.3 is 6.18 Å². The van der Waals surface area contributed by atoms with Gasteiger partial charge in [-0.15, -0.1) is 0 Å². The van der Waals surface area contributed by atoms with Crippen LogP contribution in [0.25, 0.3) is 0 Å². The smallest absolute Gasteiger partial charge is 0.346 e. The Labute approximate surface area is 141 Å². The molecule has 132 valence electrons. The molecule has 1 aliphatic rings. The summed E-state index contributed by atoms with van der Waals surface area (Å²) in [7, 11) is 0. The third-order valence-corrected chi connectivity index (χ3v) is 3.77. The molecule has 1 aliphatic heterocycles. The molecule has 3 heterocycles. The second-order valence-corrected chi connectivity index (χ2v) is 5.59. The van der Waals surface area contributed by atoms with Crippen LogP contribution in [0, 0.1) is 0 Å². The minimum atomic E-state index is -4.52. The summed E-state index contributed by atoms with van der Waals surface area (Å²) in [5, 5.41) is 2.82. The molecular formula is C15H15F3N6O. The van der Waals surface area contributed by atoms with Gasteiger partial charge in [0, 0.05) is 37.7 Å². The van der Waals surface area contributed by atoms with Gasteiger partial charge in [0.05, 0.1) is 6.20 Å². The predicted molar refractivity (Wildman–Crippen MR) is 81.8 cm³/mol. The molecule has 0 aromatic carbocycles. The lowest BCUT2D eigenvalue weighted by molar-refractivity contribution is -0.141. The van der Waals surface area contributed by atoms with Gasteiger partial charge in [0.25, 0.3) is 5.91 Å². The molecule has 1 amide bonds. The molecule has 2 aromatic heterocycles. The van der Waals surface area contributed by atoms with E-state index in [0.29, 0.717) is 25.9 Å². The average Bonchev–Trinajstić information content (AvgIpc) is 2.62. The van der Waals surface area contributed by atoms with Crippen LogP contribution in [0.5, 0.6) is 0 Å². The van der Waals surface area contributed by atoms with E-state index in [-0.39, 0.29) is 23.6 Å². The molecule has 1 fully saturated rings. The van der Waals surface area contributed by atoms with Gasteiger partial charge in [-0.3, -0.25) is 9.78 Å². The molecule has 0 radical (unpaired) electrons. The third kappa shape index (κ3) is 4.20. The number of nitrogens with zero attached hydrogens (tertiary/aromatic N) is 5. The average molecular weight is 352 g/mol. The van der Waals surface area contributed by atoms with Crippen LogP contribution in [0.1, 0.15) is 29.0 Å². The molecule has 1 saturated heterocycles. The van der Waals surface area contributed by atoms with E-state index in [2.05, 4.69) is 25.3 Å². The van der Waals surface area contributed by atoms with Gasteiger partial charge in [-0.1, -0.05) is 0 Å². The largest absolute Gasteiger partial charge is 0.433 e. The summed E-state index contributed by atoms with van der Waals surface area (Å²) >= 11 is 0. The highest BCUT2D eigenvalue weighted by molar-refractivity contribution is 5.92. The maximum absolute atomic E-state index is 12.8. The number of piperidine rings is 1. The number of carbonyl (C=O) groups excluding carboxylic acids is 1. The minimum absolute atomic E-state index is 0.00766. The monoisotopic (exact) mass is 352 g/mol. The number of nitrogens with one attached hydrogen (secondary N) is 1. The van der Waals surface area contributed by atoms with Crippen LogP contribution in [-0.2, 0) is 6.18 Å². The van der Waals surface area contributed by atoms with E-state index in [1.54, 1.807) is 4.90 Å². The molecular weight excluding hydrogens is 337 g/mol. The van der Waals surface area contributed by atoms with Gasteiger partial charge in [0.15, 0.2) is 0 Å². The van der Waals surface area contributed by atoms with Crippen LogP contribution in [0.2, 0.25) is 0 Å². The molecule has 25 heavy (non-hydrogen) atoms. The highest BCUT2D eigenvalue weighted by atomic mass is 19.4. The van der Waals surface area contributed by atoms with Crippen LogP contribution in [0.15, 0.2) is 30.9 Å². The van der Waals surface area contributed by atoms with E-state index in [1.807, 2.05) is 0 Å². The number of rotatable bonds is 3. The number of aromatic nitrogens is 4. The zero-order chi connectivity index (χ0) is 17.9. The van der Waals surface area contributed by atoms with Crippen molar-refractivity contribution in [2.45, 2.75) is 25.1 Å². The van der Waals surface area contributed by atoms with Crippen LogP contribution in [0.4, 0.5) is 19.1 Å². The van der Waals surface area contributed by atoms with Gasteiger partial charge in [0.2, 0.25) is 5.95 Å². The van der Waals surface area contributed by atoms with Crippen LogP contribution < -0.4 is 10.2 Å². The van der Waals surface area contributed by atoms with Crippen molar-refractivity contribution in [3.8, 4) is 0 Å². The quantitative estimate of drug-likeness (QED) is 0.905. The molecule has 0 spiro atoms. The van der Waals surface area contributed by atoms with Crippen molar-refractivity contribution < 1.29 is 18.0 Å². The van der Waals surface area contributed by atoms with E-state index in [4.69, 9.17) is 0 Å². The molecule has 1 atom stereocenters. The van der Waals surface area contributed by atoms with Crippen LogP contribution >= 0.6 is 0 Å². The number of anilines is 1. The Morgan fingerprint density at radius 3 is 2.80 bits per heavy atom. The van der Waals surface area contributed by atoms with E-state index in [1.165, 1.54) is 18.6 Å². The number of alkyl halides is 3. The molecule has 0 bridgehead atoms. The van der Waals surface area contributed by atoms with Gasteiger partial charge in [-0.25, -0.2) is 15.0 Å². The Morgan fingerprint density at radius 1 is 1.24 bits per heavy atom. The van der Waals surface area contributed by atoms with Gasteiger partial charge in [-0.05, 0) is 18.9 Å². The number of halogens is 3. The standard InChI is InChI=1S/C15H15F3N6O/c16-15(17,18)12-3-4-21-14(23-12)24-7-1-2-10(9-24)22-13(25)11-8-19-5-6-20-11/h3-6,8,10H,1-2,7,9H2,(H,22,25). The maximum atomic E-state index is 12.8. The van der Waals surface area contributed by atoms with Crippen LogP contribution in [0.3, 0.4) is 0 Å². The predicted octanol–water partition coefficient (Wildman–Crippen LogP) is 1.68. The van der Waals surface area contributed by atoms with Crippen molar-refractivity contribution in [1.82, 2.24) is 25.3 Å². The fourth-order valence-electron chi connectivity index (χ4n) is 2.61. The first-order valence-corrected chi connectivity index (χ1v) is 7.65. The number of amides is 1. The molecule has 1 N–H and O–H groups in total. The minimum Gasteiger partial charge on any atom is -0.346 e. The summed E-state index contributed by atoms with van der Waals surface area (Å²) in [5.41, 5.74) is -0.793. The third-order valence-electron chi connectivity index (χ3n) is 3.77. The first-order chi connectivity index (χ1) is 11.9. The first-order valence-electron chi connectivity index (χ1n) is 7.65. The molecule has 7 nitrogen and oxygen atoms in total. The second kappa shape index (κ2) is 6.99. The number of hydrogen-bond donors (Lipinski definition) is 1. The Morgan fingerprint density at radius 2 is 2.08 bits per heavy atom. The zero-order valence-electron chi connectivity index (χ0n) is 13.1. The van der Waals surface area contributed by atoms with E-state index < -0.39 is 11.9 Å². The van der Waals surface area contributed by atoms with Gasteiger partial charge in [0.1, 0.15) is 11.4 Å². The second-order valence-electron chi connectivity index (χ2n) is 5.59. The lowest BCUT2D eigenvalue weighted by Gasteiger charge is -2.33. The van der Waals surface area contributed by atoms with Gasteiger partial charge < -0.3 is 10.2 Å². The summed E-state index contributed by atoms with van der Waals surface area (Å²) in [4.78, 5) is 29.0. The number of hydrogen-bond acceptors (Lipinski definition) is 6. The highest BCUT2D eigenvalue weighted by Crippen LogP contribution is 2.28. The van der Waals surface area contributed by atoms with E-state index in [0.717, 1.165) is 12.3 Å². The zero-order valence-corrected chi connectivity index (χ0v) is 13.1. The summed E-state index contributed by atoms with van der Waals surface area (Å²) in [6.07, 6.45) is 2.21. The number of carbonyl (C=O) groups is 1. The van der Waals surface area contributed by atoms with Crippen LogP contribution in [-0.4, -0.2) is 45.0 Å². The van der Waals surface area contributed by atoms with Crippen molar-refractivity contribution in [1.29, 1.82) is 0 Å². The van der Waals surface area contributed by atoms with Crippen molar-refractivity contribution >= 4 is 11.9 Å². The van der Waals surface area contributed by atoms with E-state index >= 15 is 0 Å².